The number of carbonyl (C=O) groups is 2. The first kappa shape index (κ1) is 16.6. The molecule has 0 saturated heterocycles. The van der Waals surface area contributed by atoms with Gasteiger partial charge in [-0.2, -0.15) is 0 Å². The molecule has 2 aliphatic rings. The number of carbonyl (C=O) groups excluding carboxylic acids is 2. The Morgan fingerprint density at radius 2 is 1.75 bits per heavy atom. The Kier molecular flexibility index (Phi) is 4.11. The van der Waals surface area contributed by atoms with Gasteiger partial charge in [0, 0.05) is 19.8 Å². The summed E-state index contributed by atoms with van der Waals surface area (Å²) in [5.41, 5.74) is -0.273. The van der Waals surface area contributed by atoms with Crippen LogP contribution in [0.1, 0.15) is 25.7 Å². The van der Waals surface area contributed by atoms with Gasteiger partial charge in [0.1, 0.15) is 12.4 Å². The second-order valence-electron chi connectivity index (χ2n) is 6.94. The Bertz CT molecular complexity index is 656. The average molecular weight is 328 g/mol. The first-order valence-electron chi connectivity index (χ1n) is 8.32. The number of hydrogen-bond acceptors (Lipinski definition) is 3. The predicted octanol–water partition coefficient (Wildman–Crippen LogP) is 2.84. The van der Waals surface area contributed by atoms with Gasteiger partial charge in [0.05, 0.1) is 10.8 Å². The van der Waals surface area contributed by atoms with Crippen molar-refractivity contribution in [1.82, 2.24) is 4.90 Å². The Balaban J connectivity index is 1.69. The minimum atomic E-state index is -0.521. The summed E-state index contributed by atoms with van der Waals surface area (Å²) in [6.07, 6.45) is 4.89. The van der Waals surface area contributed by atoms with Gasteiger partial charge in [-0.15, -0.1) is 0 Å². The molecular formula is C19H24N2O3. The second-order valence-corrected chi connectivity index (χ2v) is 6.94. The van der Waals surface area contributed by atoms with Gasteiger partial charge in [0.25, 0.3) is 0 Å². The summed E-state index contributed by atoms with van der Waals surface area (Å²) in [5.74, 6) is 0.786. The Morgan fingerprint density at radius 1 is 1.17 bits per heavy atom. The van der Waals surface area contributed by atoms with Crippen LogP contribution in [-0.4, -0.2) is 37.4 Å². The van der Waals surface area contributed by atoms with Crippen LogP contribution >= 0.6 is 0 Å². The van der Waals surface area contributed by atoms with Crippen molar-refractivity contribution in [2.45, 2.75) is 25.7 Å². The highest BCUT2D eigenvalue weighted by molar-refractivity contribution is 6.03. The van der Waals surface area contributed by atoms with Crippen LogP contribution in [0.15, 0.2) is 36.9 Å². The molecule has 5 heteroatoms. The maximum Gasteiger partial charge on any atom is 0.231 e. The SMILES string of the molecule is C=CCOc1ccc(NC(=O)C2(C3(C(=O)N(C)C)CC3)CC2)cc1. The van der Waals surface area contributed by atoms with Gasteiger partial charge in [-0.25, -0.2) is 0 Å². The van der Waals surface area contributed by atoms with Crippen molar-refractivity contribution in [3.05, 3.63) is 36.9 Å². The molecule has 0 bridgehead atoms. The van der Waals surface area contributed by atoms with Crippen LogP contribution in [0.3, 0.4) is 0 Å². The maximum atomic E-state index is 12.8. The lowest BCUT2D eigenvalue weighted by molar-refractivity contribution is -0.141. The van der Waals surface area contributed by atoms with E-state index in [0.29, 0.717) is 6.61 Å². The van der Waals surface area contributed by atoms with Gasteiger partial charge in [-0.1, -0.05) is 12.7 Å². The van der Waals surface area contributed by atoms with Gasteiger partial charge in [-0.05, 0) is 49.9 Å². The van der Waals surface area contributed by atoms with Gasteiger partial charge in [0.15, 0.2) is 0 Å². The summed E-state index contributed by atoms with van der Waals surface area (Å²) in [4.78, 5) is 27.0. The first-order valence-corrected chi connectivity index (χ1v) is 8.32. The zero-order valence-corrected chi connectivity index (χ0v) is 14.3. The molecule has 2 fully saturated rings. The minimum absolute atomic E-state index is 0.0324. The largest absolute Gasteiger partial charge is 0.490 e. The van der Waals surface area contributed by atoms with E-state index in [9.17, 15) is 9.59 Å². The number of ether oxygens (including phenoxy) is 1. The molecule has 0 aromatic heterocycles. The number of benzene rings is 1. The standard InChI is InChI=1S/C19H24N2O3/c1-4-13-24-15-7-5-14(6-8-15)20-16(22)18(9-10-18)19(11-12-19)17(23)21(2)3/h4-8H,1,9-13H2,2-3H3,(H,20,22). The lowest BCUT2D eigenvalue weighted by atomic mass is 9.83. The third-order valence-corrected chi connectivity index (χ3v) is 5.15. The smallest absolute Gasteiger partial charge is 0.231 e. The molecule has 0 heterocycles. The highest BCUT2D eigenvalue weighted by Crippen LogP contribution is 2.71. The monoisotopic (exact) mass is 328 g/mol. The fraction of sp³-hybridized carbons (Fsp3) is 0.474. The topological polar surface area (TPSA) is 58.6 Å². The third kappa shape index (κ3) is 2.68. The van der Waals surface area contributed by atoms with E-state index in [1.807, 2.05) is 24.3 Å². The minimum Gasteiger partial charge on any atom is -0.490 e. The molecule has 2 aliphatic carbocycles. The number of hydrogen-bond donors (Lipinski definition) is 1. The van der Waals surface area contributed by atoms with Gasteiger partial charge in [0.2, 0.25) is 11.8 Å². The molecule has 0 atom stereocenters. The van der Waals surface area contributed by atoms with E-state index in [0.717, 1.165) is 37.1 Å². The maximum absolute atomic E-state index is 12.8. The van der Waals surface area contributed by atoms with Crippen LogP contribution in [0.5, 0.6) is 5.75 Å². The zero-order chi connectivity index (χ0) is 17.4. The predicted molar refractivity (Wildman–Crippen MR) is 92.8 cm³/mol. The Labute approximate surface area is 142 Å². The van der Waals surface area contributed by atoms with Crippen molar-refractivity contribution in [2.24, 2.45) is 10.8 Å². The highest BCUT2D eigenvalue weighted by Gasteiger charge is 2.73. The zero-order valence-electron chi connectivity index (χ0n) is 14.3. The molecular weight excluding hydrogens is 304 g/mol. The summed E-state index contributed by atoms with van der Waals surface area (Å²) in [5, 5.41) is 2.98. The molecule has 1 aromatic carbocycles. The molecule has 5 nitrogen and oxygen atoms in total. The van der Waals surface area contributed by atoms with Crippen LogP contribution < -0.4 is 10.1 Å². The van der Waals surface area contributed by atoms with E-state index in [4.69, 9.17) is 4.74 Å². The van der Waals surface area contributed by atoms with Gasteiger partial charge in [-0.3, -0.25) is 9.59 Å². The first-order chi connectivity index (χ1) is 11.4. The fourth-order valence-corrected chi connectivity index (χ4v) is 3.54. The van der Waals surface area contributed by atoms with Crippen molar-refractivity contribution in [1.29, 1.82) is 0 Å². The molecule has 2 saturated carbocycles. The van der Waals surface area contributed by atoms with Crippen molar-refractivity contribution in [3.63, 3.8) is 0 Å². The van der Waals surface area contributed by atoms with Gasteiger partial charge < -0.3 is 15.0 Å². The molecule has 0 aliphatic heterocycles. The highest BCUT2D eigenvalue weighted by atomic mass is 16.5. The molecule has 0 spiro atoms. The van der Waals surface area contributed by atoms with E-state index in [1.165, 1.54) is 0 Å². The van der Waals surface area contributed by atoms with Crippen molar-refractivity contribution in [2.75, 3.05) is 26.0 Å². The van der Waals surface area contributed by atoms with E-state index in [-0.39, 0.29) is 11.8 Å². The molecule has 0 unspecified atom stereocenters. The van der Waals surface area contributed by atoms with E-state index in [2.05, 4.69) is 11.9 Å². The lowest BCUT2D eigenvalue weighted by Crippen LogP contribution is -2.42. The summed E-state index contributed by atoms with van der Waals surface area (Å²) < 4.78 is 5.44. The number of nitrogens with one attached hydrogen (secondary N) is 1. The molecule has 0 radical (unpaired) electrons. The lowest BCUT2D eigenvalue weighted by Gasteiger charge is -2.27. The third-order valence-electron chi connectivity index (χ3n) is 5.15. The van der Waals surface area contributed by atoms with E-state index in [1.54, 1.807) is 25.1 Å². The van der Waals surface area contributed by atoms with Crippen LogP contribution in [0.25, 0.3) is 0 Å². The van der Waals surface area contributed by atoms with Crippen molar-refractivity contribution >= 4 is 17.5 Å². The molecule has 1 aromatic rings. The molecule has 128 valence electrons. The number of anilines is 1. The van der Waals surface area contributed by atoms with Gasteiger partial charge >= 0.3 is 0 Å². The van der Waals surface area contributed by atoms with Crippen LogP contribution in [0.2, 0.25) is 0 Å². The van der Waals surface area contributed by atoms with Crippen LogP contribution in [0.4, 0.5) is 5.69 Å². The number of nitrogens with zero attached hydrogens (tertiary/aromatic N) is 1. The van der Waals surface area contributed by atoms with Crippen molar-refractivity contribution < 1.29 is 14.3 Å². The quantitative estimate of drug-likeness (QED) is 0.783. The summed E-state index contributed by atoms with van der Waals surface area (Å²) in [6.45, 7) is 4.06. The Hall–Kier alpha value is -2.30. The summed E-state index contributed by atoms with van der Waals surface area (Å²) >= 11 is 0. The normalized spacial score (nSPS) is 19.1. The average Bonchev–Trinajstić information content (AvgIpc) is 3.46. The van der Waals surface area contributed by atoms with Crippen molar-refractivity contribution in [3.8, 4) is 5.75 Å². The Morgan fingerprint density at radius 3 is 2.21 bits per heavy atom. The molecule has 3 rings (SSSR count). The second kappa shape index (κ2) is 5.96. The molecule has 2 amide bonds. The fourth-order valence-electron chi connectivity index (χ4n) is 3.54. The number of rotatable bonds is 7. The van der Waals surface area contributed by atoms with E-state index < -0.39 is 10.8 Å². The summed E-state index contributed by atoms with van der Waals surface area (Å²) in [6, 6.07) is 7.27. The molecule has 24 heavy (non-hydrogen) atoms. The van der Waals surface area contributed by atoms with Crippen LogP contribution in [0, 0.1) is 10.8 Å². The summed E-state index contributed by atoms with van der Waals surface area (Å²) in [7, 11) is 3.52. The number of amides is 2. The molecule has 1 N–H and O–H groups in total. The van der Waals surface area contributed by atoms with E-state index >= 15 is 0 Å². The van der Waals surface area contributed by atoms with Crippen LogP contribution in [-0.2, 0) is 9.59 Å².